The zero-order valence-corrected chi connectivity index (χ0v) is 20.9. The van der Waals surface area contributed by atoms with Gasteiger partial charge in [0.15, 0.2) is 6.61 Å². The fourth-order valence-electron chi connectivity index (χ4n) is 4.05. The van der Waals surface area contributed by atoms with Crippen molar-refractivity contribution in [1.82, 2.24) is 9.21 Å². The van der Waals surface area contributed by atoms with E-state index in [1.165, 1.54) is 21.3 Å². The highest BCUT2D eigenvalue weighted by Crippen LogP contribution is 2.29. The van der Waals surface area contributed by atoms with Gasteiger partial charge in [-0.05, 0) is 36.6 Å². The van der Waals surface area contributed by atoms with Crippen LogP contribution in [0.25, 0.3) is 0 Å². The lowest BCUT2D eigenvalue weighted by molar-refractivity contribution is -0.133. The average Bonchev–Trinajstić information content (AvgIpc) is 3.38. The second-order valence-electron chi connectivity index (χ2n) is 8.27. The molecule has 9 heteroatoms. The number of ether oxygens (including phenoxy) is 1. The molecule has 1 fully saturated rings. The maximum atomic E-state index is 13.1. The smallest absolute Gasteiger partial charge is 0.340 e. The fourth-order valence-corrected chi connectivity index (χ4v) is 5.53. The molecule has 1 aliphatic heterocycles. The summed E-state index contributed by atoms with van der Waals surface area (Å²) in [5.41, 5.74) is 1.76. The van der Waals surface area contributed by atoms with Crippen LogP contribution in [0.15, 0.2) is 53.4 Å². The number of likely N-dealkylation sites (N-methyl/N-ethyl adjacent to an activating group) is 1. The fraction of sp³-hybridized carbons (Fsp3) is 0.440. The second-order valence-corrected chi connectivity index (χ2v) is 10.2. The van der Waals surface area contributed by atoms with Crippen molar-refractivity contribution in [3.63, 3.8) is 0 Å². The van der Waals surface area contributed by atoms with E-state index in [1.807, 2.05) is 35.2 Å². The highest BCUT2D eigenvalue weighted by atomic mass is 32.2. The Morgan fingerprint density at radius 2 is 1.65 bits per heavy atom. The van der Waals surface area contributed by atoms with Crippen LogP contribution in [0.3, 0.4) is 0 Å². The van der Waals surface area contributed by atoms with Gasteiger partial charge in [0.1, 0.15) is 0 Å². The molecule has 2 aromatic rings. The lowest BCUT2D eigenvalue weighted by Crippen LogP contribution is -2.32. The van der Waals surface area contributed by atoms with Crippen LogP contribution in [0.1, 0.15) is 42.6 Å². The molecule has 34 heavy (non-hydrogen) atoms. The summed E-state index contributed by atoms with van der Waals surface area (Å²) in [7, 11) is -2.10. The Bertz CT molecular complexity index is 1090. The monoisotopic (exact) mass is 487 g/mol. The summed E-state index contributed by atoms with van der Waals surface area (Å²) in [6, 6.07) is 14.1. The molecule has 8 nitrogen and oxygen atoms in total. The summed E-state index contributed by atoms with van der Waals surface area (Å²) >= 11 is 0. The lowest BCUT2D eigenvalue weighted by Gasteiger charge is -2.23. The topological polar surface area (TPSA) is 87.2 Å². The van der Waals surface area contributed by atoms with Crippen LogP contribution in [-0.4, -0.2) is 69.3 Å². The van der Waals surface area contributed by atoms with Gasteiger partial charge in [0, 0.05) is 39.8 Å². The number of carbonyl (C=O) groups excluding carboxylic acids is 2. The van der Waals surface area contributed by atoms with Gasteiger partial charge in [0.25, 0.3) is 5.91 Å². The Kier molecular flexibility index (Phi) is 8.68. The van der Waals surface area contributed by atoms with Gasteiger partial charge in [-0.3, -0.25) is 4.79 Å². The quantitative estimate of drug-likeness (QED) is 0.479. The molecular weight excluding hydrogens is 454 g/mol. The molecule has 0 radical (unpaired) electrons. The molecular formula is C25H33N3O5S. The molecule has 0 bridgehead atoms. The number of sulfonamides is 1. The predicted molar refractivity (Wildman–Crippen MR) is 131 cm³/mol. The van der Waals surface area contributed by atoms with Crippen molar-refractivity contribution in [3.05, 3.63) is 59.7 Å². The number of carbonyl (C=O) groups is 2. The van der Waals surface area contributed by atoms with E-state index in [-0.39, 0.29) is 16.4 Å². The minimum absolute atomic E-state index is 0.0404. The molecule has 184 valence electrons. The van der Waals surface area contributed by atoms with Crippen LogP contribution in [0.5, 0.6) is 0 Å². The molecule has 0 aliphatic carbocycles. The molecule has 0 aromatic heterocycles. The number of nitrogens with zero attached hydrogens (tertiary/aromatic N) is 3. The van der Waals surface area contributed by atoms with Crippen LogP contribution in [0, 0.1) is 0 Å². The van der Waals surface area contributed by atoms with Crippen LogP contribution in [0.2, 0.25) is 0 Å². The first-order valence-corrected chi connectivity index (χ1v) is 13.1. The van der Waals surface area contributed by atoms with E-state index in [9.17, 15) is 18.0 Å². The van der Waals surface area contributed by atoms with Crippen LogP contribution in [0.4, 0.5) is 5.69 Å². The van der Waals surface area contributed by atoms with Crippen molar-refractivity contribution in [2.45, 2.75) is 38.1 Å². The third-order valence-electron chi connectivity index (χ3n) is 5.99. The number of esters is 1. The normalized spacial score (nSPS) is 13.8. The average molecular weight is 488 g/mol. The van der Waals surface area contributed by atoms with Gasteiger partial charge in [0.05, 0.1) is 16.1 Å². The highest BCUT2D eigenvalue weighted by Gasteiger charge is 2.27. The SMILES string of the molecule is CCN(CC)S(=O)(=O)c1ccc(N2CCCC2)c(C(=O)OCC(=O)N(C)Cc2ccccc2)c1. The first-order valence-electron chi connectivity index (χ1n) is 11.6. The standard InChI is InChI=1S/C25H33N3O5S/c1-4-28(5-2)34(31,32)21-13-14-23(27-15-9-10-16-27)22(17-21)25(30)33-19-24(29)26(3)18-20-11-7-6-8-12-20/h6-8,11-14,17H,4-5,9-10,15-16,18-19H2,1-3H3. The van der Waals surface area contributed by atoms with Gasteiger partial charge < -0.3 is 14.5 Å². The van der Waals surface area contributed by atoms with Gasteiger partial charge in [-0.25, -0.2) is 13.2 Å². The molecule has 0 atom stereocenters. The maximum Gasteiger partial charge on any atom is 0.340 e. The van der Waals surface area contributed by atoms with E-state index >= 15 is 0 Å². The van der Waals surface area contributed by atoms with Gasteiger partial charge >= 0.3 is 5.97 Å². The largest absolute Gasteiger partial charge is 0.452 e. The Morgan fingerprint density at radius 3 is 2.26 bits per heavy atom. The number of benzene rings is 2. The van der Waals surface area contributed by atoms with Crippen molar-refractivity contribution in [1.29, 1.82) is 0 Å². The Labute approximate surface area is 202 Å². The first kappa shape index (κ1) is 25.7. The molecule has 0 N–H and O–H groups in total. The Balaban J connectivity index is 1.79. The van der Waals surface area contributed by atoms with Crippen molar-refractivity contribution >= 4 is 27.6 Å². The van der Waals surface area contributed by atoms with Gasteiger partial charge in [0.2, 0.25) is 10.0 Å². The molecule has 0 unspecified atom stereocenters. The number of hydrogen-bond donors (Lipinski definition) is 0. The Hall–Kier alpha value is -2.91. The van der Waals surface area contributed by atoms with E-state index < -0.39 is 22.6 Å². The summed E-state index contributed by atoms with van der Waals surface area (Å²) in [6.45, 7) is 5.73. The van der Waals surface area contributed by atoms with E-state index in [0.717, 1.165) is 31.5 Å². The molecule has 0 spiro atoms. The van der Waals surface area contributed by atoms with Gasteiger partial charge in [-0.2, -0.15) is 4.31 Å². The van der Waals surface area contributed by atoms with E-state index in [0.29, 0.717) is 25.3 Å². The summed E-state index contributed by atoms with van der Waals surface area (Å²) in [4.78, 5) is 29.2. The van der Waals surface area contributed by atoms with Crippen molar-refractivity contribution in [2.75, 3.05) is 44.7 Å². The molecule has 3 rings (SSSR count). The molecule has 0 saturated carbocycles. The minimum atomic E-state index is -3.74. The van der Waals surface area contributed by atoms with E-state index in [1.54, 1.807) is 27.0 Å². The van der Waals surface area contributed by atoms with E-state index in [4.69, 9.17) is 4.74 Å². The van der Waals surface area contributed by atoms with Crippen molar-refractivity contribution in [2.24, 2.45) is 0 Å². The number of anilines is 1. The number of rotatable bonds is 10. The Morgan fingerprint density at radius 1 is 1.00 bits per heavy atom. The minimum Gasteiger partial charge on any atom is -0.452 e. The van der Waals surface area contributed by atoms with Crippen LogP contribution < -0.4 is 4.90 Å². The zero-order valence-electron chi connectivity index (χ0n) is 20.1. The summed E-state index contributed by atoms with van der Waals surface area (Å²) in [6.07, 6.45) is 1.99. The highest BCUT2D eigenvalue weighted by molar-refractivity contribution is 7.89. The first-order chi connectivity index (χ1) is 16.3. The molecule has 2 aromatic carbocycles. The van der Waals surface area contributed by atoms with Crippen LogP contribution in [-0.2, 0) is 26.1 Å². The van der Waals surface area contributed by atoms with E-state index in [2.05, 4.69) is 0 Å². The third kappa shape index (κ3) is 5.95. The zero-order chi connectivity index (χ0) is 24.7. The van der Waals surface area contributed by atoms with Crippen molar-refractivity contribution < 1.29 is 22.7 Å². The molecule has 1 saturated heterocycles. The molecule has 1 aliphatic rings. The summed E-state index contributed by atoms with van der Waals surface area (Å²) in [5, 5.41) is 0. The lowest BCUT2D eigenvalue weighted by atomic mass is 10.1. The predicted octanol–water partition coefficient (Wildman–Crippen LogP) is 3.13. The molecule has 1 heterocycles. The van der Waals surface area contributed by atoms with Crippen molar-refractivity contribution in [3.8, 4) is 0 Å². The summed E-state index contributed by atoms with van der Waals surface area (Å²) < 4.78 is 32.8. The third-order valence-corrected chi connectivity index (χ3v) is 8.04. The van der Waals surface area contributed by atoms with Gasteiger partial charge in [-0.15, -0.1) is 0 Å². The maximum absolute atomic E-state index is 13.1. The summed E-state index contributed by atoms with van der Waals surface area (Å²) in [5.74, 6) is -1.05. The second kappa shape index (κ2) is 11.5. The number of amides is 1. The van der Waals surface area contributed by atoms with Crippen LogP contribution >= 0.6 is 0 Å². The number of hydrogen-bond acceptors (Lipinski definition) is 6. The molecule has 1 amide bonds. The van der Waals surface area contributed by atoms with Gasteiger partial charge in [-0.1, -0.05) is 44.2 Å².